The van der Waals surface area contributed by atoms with Crippen LogP contribution in [-0.4, -0.2) is 70.5 Å². The fourth-order valence-corrected chi connectivity index (χ4v) is 4.35. The van der Waals surface area contributed by atoms with Crippen molar-refractivity contribution >= 4 is 11.7 Å². The summed E-state index contributed by atoms with van der Waals surface area (Å²) in [4.78, 5) is 17.4. The molecule has 1 aromatic heterocycles. The van der Waals surface area contributed by atoms with Gasteiger partial charge in [0.15, 0.2) is 17.2 Å². The van der Waals surface area contributed by atoms with Crippen molar-refractivity contribution in [3.63, 3.8) is 0 Å². The summed E-state index contributed by atoms with van der Waals surface area (Å²) in [6, 6.07) is 10.9. The van der Waals surface area contributed by atoms with Crippen molar-refractivity contribution in [2.24, 2.45) is 0 Å². The van der Waals surface area contributed by atoms with Crippen LogP contribution in [0.25, 0.3) is 0 Å². The summed E-state index contributed by atoms with van der Waals surface area (Å²) in [5, 5.41) is 4.10. The Hall–Kier alpha value is -3.72. The maximum atomic E-state index is 13.0. The Kier molecular flexibility index (Phi) is 7.45. The van der Waals surface area contributed by atoms with E-state index in [0.717, 1.165) is 37.3 Å². The number of piperazine rings is 1. The first kappa shape index (κ1) is 24.4. The Labute approximate surface area is 205 Å². The normalized spacial score (nSPS) is 14.0. The van der Waals surface area contributed by atoms with E-state index in [1.807, 2.05) is 19.1 Å². The predicted molar refractivity (Wildman–Crippen MR) is 131 cm³/mol. The fourth-order valence-electron chi connectivity index (χ4n) is 4.35. The van der Waals surface area contributed by atoms with Gasteiger partial charge in [0.25, 0.3) is 0 Å². The van der Waals surface area contributed by atoms with Gasteiger partial charge in [-0.25, -0.2) is 0 Å². The molecule has 0 radical (unpaired) electrons. The van der Waals surface area contributed by atoms with E-state index in [-0.39, 0.29) is 5.78 Å². The van der Waals surface area contributed by atoms with E-state index in [2.05, 4.69) is 15.0 Å². The molecule has 0 aliphatic carbocycles. The minimum absolute atomic E-state index is 0.167. The van der Waals surface area contributed by atoms with Crippen LogP contribution >= 0.6 is 0 Å². The second kappa shape index (κ2) is 10.7. The summed E-state index contributed by atoms with van der Waals surface area (Å²) < 4.78 is 27.3. The van der Waals surface area contributed by atoms with E-state index in [1.165, 1.54) is 0 Å². The SMILES string of the molecule is COc1ccc(C(=O)c2noc(N3CCN(Cc4ccc(OC)c(OC)c4OC)CC3)c2C)cc1. The largest absolute Gasteiger partial charge is 0.497 e. The Morgan fingerprint density at radius 3 is 2.17 bits per heavy atom. The highest BCUT2D eigenvalue weighted by Gasteiger charge is 2.27. The number of benzene rings is 2. The van der Waals surface area contributed by atoms with Gasteiger partial charge >= 0.3 is 0 Å². The first-order chi connectivity index (χ1) is 17.0. The van der Waals surface area contributed by atoms with Crippen LogP contribution in [0.2, 0.25) is 0 Å². The topological polar surface area (TPSA) is 86.5 Å². The summed E-state index contributed by atoms with van der Waals surface area (Å²) in [5.41, 5.74) is 2.66. The smallest absolute Gasteiger partial charge is 0.231 e. The van der Waals surface area contributed by atoms with E-state index in [0.29, 0.717) is 46.7 Å². The zero-order valence-corrected chi connectivity index (χ0v) is 20.8. The molecule has 9 nitrogen and oxygen atoms in total. The first-order valence-corrected chi connectivity index (χ1v) is 11.4. The van der Waals surface area contributed by atoms with Gasteiger partial charge in [-0.15, -0.1) is 0 Å². The minimum Gasteiger partial charge on any atom is -0.497 e. The van der Waals surface area contributed by atoms with Crippen LogP contribution in [0.1, 0.15) is 27.2 Å². The van der Waals surface area contributed by atoms with Gasteiger partial charge in [0, 0.05) is 49.4 Å². The maximum Gasteiger partial charge on any atom is 0.231 e. The number of aromatic nitrogens is 1. The molecular formula is C26H31N3O6. The molecule has 0 saturated carbocycles. The molecule has 1 fully saturated rings. The molecule has 2 heterocycles. The second-order valence-corrected chi connectivity index (χ2v) is 8.28. The van der Waals surface area contributed by atoms with Crippen molar-refractivity contribution in [3.8, 4) is 23.0 Å². The van der Waals surface area contributed by atoms with Crippen LogP contribution in [-0.2, 0) is 6.54 Å². The van der Waals surface area contributed by atoms with Crippen LogP contribution < -0.4 is 23.8 Å². The number of hydrogen-bond acceptors (Lipinski definition) is 9. The molecule has 0 spiro atoms. The number of ether oxygens (including phenoxy) is 4. The number of rotatable bonds is 9. The maximum absolute atomic E-state index is 13.0. The quantitative estimate of drug-likeness (QED) is 0.426. The van der Waals surface area contributed by atoms with Gasteiger partial charge in [-0.2, -0.15) is 0 Å². The number of ketones is 1. The molecule has 1 aliphatic rings. The molecular weight excluding hydrogens is 450 g/mol. The van der Waals surface area contributed by atoms with E-state index >= 15 is 0 Å². The lowest BCUT2D eigenvalue weighted by molar-refractivity contribution is 0.103. The van der Waals surface area contributed by atoms with E-state index in [1.54, 1.807) is 52.7 Å². The summed E-state index contributed by atoms with van der Waals surface area (Å²) in [7, 11) is 6.44. The van der Waals surface area contributed by atoms with Crippen LogP contribution in [0, 0.1) is 6.92 Å². The number of hydrogen-bond donors (Lipinski definition) is 0. The summed E-state index contributed by atoms with van der Waals surface area (Å²) >= 11 is 0. The van der Waals surface area contributed by atoms with E-state index < -0.39 is 0 Å². The summed E-state index contributed by atoms with van der Waals surface area (Å²) in [6.07, 6.45) is 0. The summed E-state index contributed by atoms with van der Waals surface area (Å²) in [6.45, 7) is 5.74. The second-order valence-electron chi connectivity index (χ2n) is 8.28. The summed E-state index contributed by atoms with van der Waals surface area (Å²) in [5.74, 6) is 3.09. The number of carbonyl (C=O) groups excluding carboxylic acids is 1. The molecule has 0 amide bonds. The van der Waals surface area contributed by atoms with Gasteiger partial charge in [-0.05, 0) is 37.3 Å². The number of nitrogens with zero attached hydrogens (tertiary/aromatic N) is 3. The molecule has 0 atom stereocenters. The lowest BCUT2D eigenvalue weighted by atomic mass is 10.1. The van der Waals surface area contributed by atoms with Crippen molar-refractivity contribution in [2.45, 2.75) is 13.5 Å². The average molecular weight is 482 g/mol. The minimum atomic E-state index is -0.167. The van der Waals surface area contributed by atoms with Crippen LogP contribution in [0.15, 0.2) is 40.9 Å². The number of carbonyl (C=O) groups is 1. The molecule has 3 aromatic rings. The standard InChI is InChI=1S/C26H31N3O6/c1-17-22(23(30)18-6-9-20(31-2)10-7-18)27-35-26(17)29-14-12-28(13-15-29)16-19-8-11-21(32-3)25(34-5)24(19)33-4/h6-11H,12-16H2,1-5H3. The van der Waals surface area contributed by atoms with Crippen molar-refractivity contribution in [1.29, 1.82) is 0 Å². The molecule has 0 unspecified atom stereocenters. The highest BCUT2D eigenvalue weighted by Crippen LogP contribution is 2.40. The van der Waals surface area contributed by atoms with Crippen molar-refractivity contribution in [3.05, 3.63) is 58.8 Å². The van der Waals surface area contributed by atoms with Gasteiger partial charge in [0.2, 0.25) is 17.4 Å². The zero-order chi connectivity index (χ0) is 24.9. The molecule has 0 bridgehead atoms. The molecule has 4 rings (SSSR count). The van der Waals surface area contributed by atoms with E-state index in [4.69, 9.17) is 23.5 Å². The molecule has 9 heteroatoms. The monoisotopic (exact) mass is 481 g/mol. The Morgan fingerprint density at radius 2 is 1.57 bits per heavy atom. The Balaban J connectivity index is 1.42. The van der Waals surface area contributed by atoms with Gasteiger partial charge in [-0.3, -0.25) is 9.69 Å². The Bertz CT molecular complexity index is 1170. The van der Waals surface area contributed by atoms with Crippen LogP contribution in [0.3, 0.4) is 0 Å². The van der Waals surface area contributed by atoms with Crippen LogP contribution in [0.5, 0.6) is 23.0 Å². The lowest BCUT2D eigenvalue weighted by Gasteiger charge is -2.34. The fraction of sp³-hybridized carbons (Fsp3) is 0.385. The third kappa shape index (κ3) is 4.90. The third-order valence-electron chi connectivity index (χ3n) is 6.31. The lowest BCUT2D eigenvalue weighted by Crippen LogP contribution is -2.46. The third-order valence-corrected chi connectivity index (χ3v) is 6.31. The van der Waals surface area contributed by atoms with Crippen molar-refractivity contribution in [2.75, 3.05) is 59.5 Å². The number of anilines is 1. The molecule has 1 aliphatic heterocycles. The number of methoxy groups -OCH3 is 4. The molecule has 35 heavy (non-hydrogen) atoms. The predicted octanol–water partition coefficient (Wildman–Crippen LogP) is 3.57. The van der Waals surface area contributed by atoms with Crippen molar-refractivity contribution < 1.29 is 28.3 Å². The Morgan fingerprint density at radius 1 is 0.886 bits per heavy atom. The van der Waals surface area contributed by atoms with Crippen LogP contribution in [0.4, 0.5) is 5.88 Å². The highest BCUT2D eigenvalue weighted by molar-refractivity contribution is 6.09. The van der Waals surface area contributed by atoms with Gasteiger partial charge < -0.3 is 28.4 Å². The van der Waals surface area contributed by atoms with Gasteiger partial charge in [0.1, 0.15) is 5.75 Å². The van der Waals surface area contributed by atoms with Crippen molar-refractivity contribution in [1.82, 2.24) is 10.1 Å². The highest BCUT2D eigenvalue weighted by atomic mass is 16.5. The zero-order valence-electron chi connectivity index (χ0n) is 20.8. The molecule has 2 aromatic carbocycles. The molecule has 0 N–H and O–H groups in total. The average Bonchev–Trinajstić information content (AvgIpc) is 3.29. The van der Waals surface area contributed by atoms with Gasteiger partial charge in [0.05, 0.1) is 28.4 Å². The van der Waals surface area contributed by atoms with E-state index in [9.17, 15) is 4.79 Å². The molecule has 1 saturated heterocycles. The van der Waals surface area contributed by atoms with Gasteiger partial charge in [-0.1, -0.05) is 11.2 Å². The molecule has 186 valence electrons. The first-order valence-electron chi connectivity index (χ1n) is 11.4.